The Labute approximate surface area is 117 Å². The number of esters is 1. The SMILES string of the molecule is COC(=O)c1cc(NC(=O)NCCC(=O)O)c(F)cc1F. The van der Waals surface area contributed by atoms with E-state index in [1.807, 2.05) is 5.32 Å². The van der Waals surface area contributed by atoms with E-state index < -0.39 is 40.9 Å². The number of urea groups is 1. The van der Waals surface area contributed by atoms with Crippen molar-refractivity contribution < 1.29 is 33.0 Å². The lowest BCUT2D eigenvalue weighted by Gasteiger charge is -2.09. The topological polar surface area (TPSA) is 105 Å². The zero-order valence-electron chi connectivity index (χ0n) is 10.9. The third-order valence-electron chi connectivity index (χ3n) is 2.33. The van der Waals surface area contributed by atoms with Crippen molar-refractivity contribution in [2.45, 2.75) is 6.42 Å². The molecule has 0 fully saturated rings. The number of aliphatic carboxylic acids is 1. The maximum Gasteiger partial charge on any atom is 0.340 e. The highest BCUT2D eigenvalue weighted by molar-refractivity contribution is 5.94. The molecule has 0 spiro atoms. The second-order valence-corrected chi connectivity index (χ2v) is 3.83. The van der Waals surface area contributed by atoms with Crippen molar-refractivity contribution in [3.8, 4) is 0 Å². The summed E-state index contributed by atoms with van der Waals surface area (Å²) in [6.07, 6.45) is -0.313. The Morgan fingerprint density at radius 2 is 1.90 bits per heavy atom. The Morgan fingerprint density at radius 3 is 2.48 bits per heavy atom. The lowest BCUT2D eigenvalue weighted by molar-refractivity contribution is -0.136. The van der Waals surface area contributed by atoms with Gasteiger partial charge in [-0.25, -0.2) is 18.4 Å². The molecule has 3 N–H and O–H groups in total. The second kappa shape index (κ2) is 7.17. The first-order valence-corrected chi connectivity index (χ1v) is 5.69. The summed E-state index contributed by atoms with van der Waals surface area (Å²) in [5.41, 5.74) is -0.982. The Balaban J connectivity index is 2.81. The zero-order valence-corrected chi connectivity index (χ0v) is 10.9. The van der Waals surface area contributed by atoms with Crippen LogP contribution in [0.5, 0.6) is 0 Å². The van der Waals surface area contributed by atoms with Crippen LogP contribution in [0.15, 0.2) is 12.1 Å². The zero-order chi connectivity index (χ0) is 16.0. The lowest BCUT2D eigenvalue weighted by Crippen LogP contribution is -2.31. The predicted octanol–water partition coefficient (Wildman–Crippen LogP) is 1.35. The minimum atomic E-state index is -1.13. The van der Waals surface area contributed by atoms with Gasteiger partial charge in [-0.05, 0) is 6.07 Å². The molecule has 1 aromatic carbocycles. The molecule has 0 unspecified atom stereocenters. The predicted molar refractivity (Wildman–Crippen MR) is 67.0 cm³/mol. The molecule has 0 aliphatic rings. The minimum absolute atomic E-state index is 0.173. The number of nitrogens with one attached hydrogen (secondary N) is 2. The average molecular weight is 302 g/mol. The Morgan fingerprint density at radius 1 is 1.24 bits per heavy atom. The van der Waals surface area contributed by atoms with E-state index in [9.17, 15) is 23.2 Å². The lowest BCUT2D eigenvalue weighted by atomic mass is 10.2. The van der Waals surface area contributed by atoms with E-state index >= 15 is 0 Å². The van der Waals surface area contributed by atoms with Gasteiger partial charge < -0.3 is 20.5 Å². The molecule has 0 bridgehead atoms. The molecule has 0 aliphatic heterocycles. The van der Waals surface area contributed by atoms with Crippen LogP contribution in [0.1, 0.15) is 16.8 Å². The van der Waals surface area contributed by atoms with Gasteiger partial charge in [-0.3, -0.25) is 4.79 Å². The number of hydrogen-bond donors (Lipinski definition) is 3. The standard InChI is InChI=1S/C12H12F2N2O5/c1-21-11(19)6-4-9(8(14)5-7(6)13)16-12(20)15-3-2-10(17)18/h4-5H,2-3H2,1H3,(H,17,18)(H2,15,16,20). The highest BCUT2D eigenvalue weighted by Crippen LogP contribution is 2.20. The van der Waals surface area contributed by atoms with Gasteiger partial charge in [-0.15, -0.1) is 0 Å². The first kappa shape index (κ1) is 16.3. The summed E-state index contributed by atoms with van der Waals surface area (Å²) < 4.78 is 31.2. The number of carboxylic acid groups (broad SMARTS) is 1. The molecule has 0 saturated heterocycles. The summed E-state index contributed by atoms with van der Waals surface area (Å²) in [6, 6.07) is 0.324. The van der Waals surface area contributed by atoms with Gasteiger partial charge in [0.15, 0.2) is 0 Å². The minimum Gasteiger partial charge on any atom is -0.481 e. The quantitative estimate of drug-likeness (QED) is 0.712. The Hall–Kier alpha value is -2.71. The van der Waals surface area contributed by atoms with E-state index in [2.05, 4.69) is 10.1 Å². The van der Waals surface area contributed by atoms with E-state index in [1.54, 1.807) is 0 Å². The molecule has 2 amide bonds. The number of amides is 2. The molecule has 0 atom stereocenters. The normalized spacial score (nSPS) is 9.86. The third-order valence-corrected chi connectivity index (χ3v) is 2.33. The van der Waals surface area contributed by atoms with E-state index in [-0.39, 0.29) is 13.0 Å². The van der Waals surface area contributed by atoms with Crippen molar-refractivity contribution in [2.24, 2.45) is 0 Å². The smallest absolute Gasteiger partial charge is 0.340 e. The number of anilines is 1. The van der Waals surface area contributed by atoms with Crippen LogP contribution in [-0.4, -0.2) is 36.7 Å². The van der Waals surface area contributed by atoms with Crippen LogP contribution in [0, 0.1) is 11.6 Å². The van der Waals surface area contributed by atoms with Crippen LogP contribution in [0.3, 0.4) is 0 Å². The van der Waals surface area contributed by atoms with E-state index in [4.69, 9.17) is 5.11 Å². The molecular weight excluding hydrogens is 290 g/mol. The van der Waals surface area contributed by atoms with E-state index in [0.717, 1.165) is 13.2 Å². The molecule has 0 aromatic heterocycles. The number of carboxylic acids is 1. The van der Waals surface area contributed by atoms with Crippen LogP contribution in [-0.2, 0) is 9.53 Å². The molecule has 0 aliphatic carbocycles. The van der Waals surface area contributed by atoms with Gasteiger partial charge in [0.2, 0.25) is 0 Å². The summed E-state index contributed by atoms with van der Waals surface area (Å²) in [5.74, 6) is -4.36. The van der Waals surface area contributed by atoms with Crippen LogP contribution < -0.4 is 10.6 Å². The highest BCUT2D eigenvalue weighted by Gasteiger charge is 2.17. The average Bonchev–Trinajstić information content (AvgIpc) is 2.40. The van der Waals surface area contributed by atoms with E-state index in [1.165, 1.54) is 0 Å². The van der Waals surface area contributed by atoms with Gasteiger partial charge in [-0.2, -0.15) is 0 Å². The first-order chi connectivity index (χ1) is 9.85. The number of ether oxygens (including phenoxy) is 1. The number of rotatable bonds is 5. The van der Waals surface area contributed by atoms with Gasteiger partial charge in [0.05, 0.1) is 24.8 Å². The number of halogens is 2. The summed E-state index contributed by atoms with van der Waals surface area (Å²) in [6.45, 7) is -0.173. The summed E-state index contributed by atoms with van der Waals surface area (Å²) in [4.78, 5) is 32.9. The molecule has 0 saturated carbocycles. The molecule has 1 aromatic rings. The molecule has 0 radical (unpaired) electrons. The van der Waals surface area contributed by atoms with Gasteiger partial charge in [0, 0.05) is 12.6 Å². The number of benzene rings is 1. The van der Waals surface area contributed by atoms with Crippen molar-refractivity contribution in [3.05, 3.63) is 29.3 Å². The maximum absolute atomic E-state index is 13.5. The molecule has 7 nitrogen and oxygen atoms in total. The van der Waals surface area contributed by atoms with Gasteiger partial charge in [0.1, 0.15) is 11.6 Å². The van der Waals surface area contributed by atoms with Crippen LogP contribution in [0.4, 0.5) is 19.3 Å². The van der Waals surface area contributed by atoms with Crippen molar-refractivity contribution >= 4 is 23.7 Å². The summed E-state index contributed by atoms with van der Waals surface area (Å²) >= 11 is 0. The maximum atomic E-state index is 13.5. The molecule has 9 heteroatoms. The molecule has 114 valence electrons. The van der Waals surface area contributed by atoms with Gasteiger partial charge in [-0.1, -0.05) is 0 Å². The third kappa shape index (κ3) is 4.71. The van der Waals surface area contributed by atoms with Crippen molar-refractivity contribution in [1.82, 2.24) is 5.32 Å². The Kier molecular flexibility index (Phi) is 5.58. The van der Waals surface area contributed by atoms with Gasteiger partial charge in [0.25, 0.3) is 0 Å². The first-order valence-electron chi connectivity index (χ1n) is 5.69. The van der Waals surface area contributed by atoms with Gasteiger partial charge >= 0.3 is 18.0 Å². The van der Waals surface area contributed by atoms with Crippen LogP contribution >= 0.6 is 0 Å². The molecular formula is C12H12F2N2O5. The van der Waals surface area contributed by atoms with Crippen LogP contribution in [0.25, 0.3) is 0 Å². The Bertz CT molecular complexity index is 577. The fraction of sp³-hybridized carbons (Fsp3) is 0.250. The summed E-state index contributed by atoms with van der Waals surface area (Å²) in [7, 11) is 1.02. The summed E-state index contributed by atoms with van der Waals surface area (Å²) in [5, 5.41) is 12.6. The monoisotopic (exact) mass is 302 g/mol. The fourth-order valence-electron chi connectivity index (χ4n) is 1.36. The number of hydrogen-bond acceptors (Lipinski definition) is 4. The number of carbonyl (C=O) groups is 3. The second-order valence-electron chi connectivity index (χ2n) is 3.83. The van der Waals surface area contributed by atoms with Crippen LogP contribution in [0.2, 0.25) is 0 Å². The number of carbonyl (C=O) groups excluding carboxylic acids is 2. The highest BCUT2D eigenvalue weighted by atomic mass is 19.1. The van der Waals surface area contributed by atoms with E-state index in [0.29, 0.717) is 6.07 Å². The van der Waals surface area contributed by atoms with Crippen molar-refractivity contribution in [2.75, 3.05) is 19.0 Å². The molecule has 0 heterocycles. The van der Waals surface area contributed by atoms with Crippen molar-refractivity contribution in [3.63, 3.8) is 0 Å². The molecule has 21 heavy (non-hydrogen) atoms. The fourth-order valence-corrected chi connectivity index (χ4v) is 1.36. The molecule has 1 rings (SSSR count). The largest absolute Gasteiger partial charge is 0.481 e. The number of methoxy groups -OCH3 is 1. The van der Waals surface area contributed by atoms with Crippen molar-refractivity contribution in [1.29, 1.82) is 0 Å².